The number of nitrogens with two attached hydrogens (primary N) is 1. The molecule has 2 aliphatic rings. The van der Waals surface area contributed by atoms with Crippen LogP contribution in [0.3, 0.4) is 0 Å². The zero-order chi connectivity index (χ0) is 12.4. The van der Waals surface area contributed by atoms with Gasteiger partial charge in [-0.15, -0.1) is 0 Å². The van der Waals surface area contributed by atoms with E-state index in [9.17, 15) is 0 Å². The van der Waals surface area contributed by atoms with Crippen molar-refractivity contribution in [2.24, 2.45) is 5.92 Å². The molecule has 4 heteroatoms. The lowest BCUT2D eigenvalue weighted by Crippen LogP contribution is -2.17. The standard InChI is InChI=1S/C14H20N2O2/c15-11-7-13-14(18-6-5-17-13)8-12(11)16-9-10-3-1-2-4-10/h7-8,10,16H,1-6,9,15H2. The quantitative estimate of drug-likeness (QED) is 0.807. The molecule has 1 heterocycles. The fourth-order valence-electron chi connectivity index (χ4n) is 2.73. The Morgan fingerprint density at radius 3 is 2.50 bits per heavy atom. The maximum atomic E-state index is 6.03. The van der Waals surface area contributed by atoms with Crippen LogP contribution in [0.2, 0.25) is 0 Å². The monoisotopic (exact) mass is 248 g/mol. The predicted molar refractivity (Wildman–Crippen MR) is 72.3 cm³/mol. The largest absolute Gasteiger partial charge is 0.486 e. The van der Waals surface area contributed by atoms with Gasteiger partial charge in [0.25, 0.3) is 0 Å². The molecule has 0 spiro atoms. The van der Waals surface area contributed by atoms with E-state index in [0.29, 0.717) is 13.2 Å². The second kappa shape index (κ2) is 4.96. The van der Waals surface area contributed by atoms with E-state index < -0.39 is 0 Å². The molecule has 0 unspecified atom stereocenters. The van der Waals surface area contributed by atoms with Crippen molar-refractivity contribution in [2.45, 2.75) is 25.7 Å². The molecule has 0 atom stereocenters. The third kappa shape index (κ3) is 2.33. The fourth-order valence-corrected chi connectivity index (χ4v) is 2.73. The second-order valence-corrected chi connectivity index (χ2v) is 5.11. The van der Waals surface area contributed by atoms with Gasteiger partial charge < -0.3 is 20.5 Å². The molecule has 3 rings (SSSR count). The number of nitrogens with one attached hydrogen (secondary N) is 1. The summed E-state index contributed by atoms with van der Waals surface area (Å²) < 4.78 is 11.1. The summed E-state index contributed by atoms with van der Waals surface area (Å²) in [5.41, 5.74) is 7.73. The van der Waals surface area contributed by atoms with Crippen molar-refractivity contribution in [1.29, 1.82) is 0 Å². The maximum Gasteiger partial charge on any atom is 0.163 e. The van der Waals surface area contributed by atoms with Gasteiger partial charge in [0.2, 0.25) is 0 Å². The zero-order valence-corrected chi connectivity index (χ0v) is 10.6. The predicted octanol–water partition coefficient (Wildman–Crippen LogP) is 2.64. The lowest BCUT2D eigenvalue weighted by atomic mass is 10.1. The average molecular weight is 248 g/mol. The van der Waals surface area contributed by atoms with Crippen molar-refractivity contribution in [1.82, 2.24) is 0 Å². The number of rotatable bonds is 3. The number of benzene rings is 1. The SMILES string of the molecule is Nc1cc2c(cc1NCC1CCCC1)OCCO2. The number of anilines is 2. The minimum atomic E-state index is 0.599. The van der Waals surface area contributed by atoms with Gasteiger partial charge in [-0.2, -0.15) is 0 Å². The first-order valence-electron chi connectivity index (χ1n) is 6.76. The van der Waals surface area contributed by atoms with Crippen molar-refractivity contribution >= 4 is 11.4 Å². The van der Waals surface area contributed by atoms with E-state index in [0.717, 1.165) is 35.3 Å². The highest BCUT2D eigenvalue weighted by molar-refractivity contribution is 5.72. The van der Waals surface area contributed by atoms with Crippen LogP contribution in [0.25, 0.3) is 0 Å². The molecule has 1 aliphatic carbocycles. The Balaban J connectivity index is 1.70. The molecule has 3 N–H and O–H groups in total. The first-order chi connectivity index (χ1) is 8.83. The molecule has 1 saturated carbocycles. The fraction of sp³-hybridized carbons (Fsp3) is 0.571. The molecule has 0 radical (unpaired) electrons. The van der Waals surface area contributed by atoms with E-state index in [4.69, 9.17) is 15.2 Å². The molecule has 18 heavy (non-hydrogen) atoms. The van der Waals surface area contributed by atoms with Gasteiger partial charge in [0.1, 0.15) is 13.2 Å². The van der Waals surface area contributed by atoms with E-state index in [1.54, 1.807) is 0 Å². The number of ether oxygens (including phenoxy) is 2. The van der Waals surface area contributed by atoms with Gasteiger partial charge in [0.05, 0.1) is 11.4 Å². The summed E-state index contributed by atoms with van der Waals surface area (Å²) >= 11 is 0. The molecule has 0 bridgehead atoms. The Hall–Kier alpha value is -1.58. The van der Waals surface area contributed by atoms with Crippen LogP contribution in [-0.2, 0) is 0 Å². The molecule has 1 aliphatic heterocycles. The van der Waals surface area contributed by atoms with E-state index in [1.807, 2.05) is 12.1 Å². The Kier molecular flexibility index (Phi) is 3.17. The van der Waals surface area contributed by atoms with Gasteiger partial charge in [-0.25, -0.2) is 0 Å². The van der Waals surface area contributed by atoms with Gasteiger partial charge in [-0.05, 0) is 18.8 Å². The third-order valence-electron chi connectivity index (χ3n) is 3.77. The van der Waals surface area contributed by atoms with E-state index in [1.165, 1.54) is 25.7 Å². The first kappa shape index (κ1) is 11.5. The molecule has 1 aromatic rings. The van der Waals surface area contributed by atoms with E-state index >= 15 is 0 Å². The number of hydrogen-bond donors (Lipinski definition) is 2. The summed E-state index contributed by atoms with van der Waals surface area (Å²) in [5, 5.41) is 3.44. The molecule has 1 fully saturated rings. The lowest BCUT2D eigenvalue weighted by Gasteiger charge is -2.21. The van der Waals surface area contributed by atoms with Gasteiger partial charge >= 0.3 is 0 Å². The van der Waals surface area contributed by atoms with Crippen LogP contribution >= 0.6 is 0 Å². The van der Waals surface area contributed by atoms with E-state index in [2.05, 4.69) is 5.32 Å². The summed E-state index contributed by atoms with van der Waals surface area (Å²) in [6, 6.07) is 3.81. The highest BCUT2D eigenvalue weighted by atomic mass is 16.6. The molecule has 0 aromatic heterocycles. The maximum absolute atomic E-state index is 6.03. The molecule has 98 valence electrons. The third-order valence-corrected chi connectivity index (χ3v) is 3.77. The number of nitrogen functional groups attached to an aromatic ring is 1. The molecule has 4 nitrogen and oxygen atoms in total. The van der Waals surface area contributed by atoms with Crippen LogP contribution < -0.4 is 20.5 Å². The van der Waals surface area contributed by atoms with Gasteiger partial charge in [-0.3, -0.25) is 0 Å². The van der Waals surface area contributed by atoms with Crippen LogP contribution in [0.15, 0.2) is 12.1 Å². The summed E-state index contributed by atoms with van der Waals surface area (Å²) in [5.74, 6) is 2.34. The Morgan fingerprint density at radius 2 is 1.78 bits per heavy atom. The van der Waals surface area contributed by atoms with Crippen LogP contribution in [0.4, 0.5) is 11.4 Å². The number of hydrogen-bond acceptors (Lipinski definition) is 4. The molecule has 0 saturated heterocycles. The Bertz CT molecular complexity index is 428. The minimum absolute atomic E-state index is 0.599. The summed E-state index contributed by atoms with van der Waals surface area (Å²) in [6.07, 6.45) is 5.39. The van der Waals surface area contributed by atoms with Crippen LogP contribution in [0, 0.1) is 5.92 Å². The highest BCUT2D eigenvalue weighted by Gasteiger charge is 2.17. The van der Waals surface area contributed by atoms with Gasteiger partial charge in [-0.1, -0.05) is 12.8 Å². The molecule has 0 amide bonds. The van der Waals surface area contributed by atoms with Crippen molar-refractivity contribution in [2.75, 3.05) is 30.8 Å². The average Bonchev–Trinajstić information content (AvgIpc) is 2.89. The highest BCUT2D eigenvalue weighted by Crippen LogP contribution is 2.37. The Labute approximate surface area is 107 Å². The van der Waals surface area contributed by atoms with Crippen LogP contribution in [0.5, 0.6) is 11.5 Å². The van der Waals surface area contributed by atoms with Crippen LogP contribution in [-0.4, -0.2) is 19.8 Å². The normalized spacial score (nSPS) is 18.9. The first-order valence-corrected chi connectivity index (χ1v) is 6.76. The topological polar surface area (TPSA) is 56.5 Å². The lowest BCUT2D eigenvalue weighted by molar-refractivity contribution is 0.172. The van der Waals surface area contributed by atoms with Crippen molar-refractivity contribution in [3.05, 3.63) is 12.1 Å². The number of fused-ring (bicyclic) bond motifs is 1. The van der Waals surface area contributed by atoms with Crippen molar-refractivity contribution in [3.8, 4) is 11.5 Å². The van der Waals surface area contributed by atoms with Crippen molar-refractivity contribution in [3.63, 3.8) is 0 Å². The van der Waals surface area contributed by atoms with E-state index in [-0.39, 0.29) is 0 Å². The minimum Gasteiger partial charge on any atom is -0.486 e. The van der Waals surface area contributed by atoms with Crippen molar-refractivity contribution < 1.29 is 9.47 Å². The summed E-state index contributed by atoms with van der Waals surface area (Å²) in [7, 11) is 0. The molecule has 1 aromatic carbocycles. The second-order valence-electron chi connectivity index (χ2n) is 5.11. The van der Waals surface area contributed by atoms with Gasteiger partial charge in [0, 0.05) is 18.7 Å². The smallest absolute Gasteiger partial charge is 0.163 e. The molecular weight excluding hydrogens is 228 g/mol. The van der Waals surface area contributed by atoms with Gasteiger partial charge in [0.15, 0.2) is 11.5 Å². The summed E-state index contributed by atoms with van der Waals surface area (Å²) in [6.45, 7) is 2.21. The molecular formula is C14H20N2O2. The Morgan fingerprint density at radius 1 is 1.11 bits per heavy atom. The summed E-state index contributed by atoms with van der Waals surface area (Å²) in [4.78, 5) is 0. The zero-order valence-electron chi connectivity index (χ0n) is 10.6. The van der Waals surface area contributed by atoms with Crippen LogP contribution in [0.1, 0.15) is 25.7 Å².